The SMILES string of the molecule is Cc1cc(C(=O)Nc2cccc(-c3nnc(N(C(=O)OC(C)(C)C)c4ccc5c(cnn5C(=O)OC(C)(C)C)c4)s3)c2)no1.Cc1cc(C(=O)Nc2cccc(-c3nnc(Nc4ccc5c(c4)C=NC5)s3)c2)no1. The number of aromatic nitrogens is 8. The molecule has 21 nitrogen and oxygen atoms in total. The molecular formula is C51H47N13O8S2. The van der Waals surface area contributed by atoms with Gasteiger partial charge in [-0.2, -0.15) is 9.78 Å². The van der Waals surface area contributed by atoms with Gasteiger partial charge in [-0.25, -0.2) is 14.5 Å². The van der Waals surface area contributed by atoms with Crippen molar-refractivity contribution in [3.8, 4) is 21.1 Å². The quantitative estimate of drug-likeness (QED) is 0.115. The molecule has 0 saturated carbocycles. The lowest BCUT2D eigenvalue weighted by atomic mass is 10.1. The molecule has 3 N–H and O–H groups in total. The Morgan fingerprint density at radius 3 is 1.91 bits per heavy atom. The summed E-state index contributed by atoms with van der Waals surface area (Å²) >= 11 is 2.59. The highest BCUT2D eigenvalue weighted by molar-refractivity contribution is 7.19. The fourth-order valence-corrected chi connectivity index (χ4v) is 8.74. The van der Waals surface area contributed by atoms with Gasteiger partial charge in [0.1, 0.15) is 32.7 Å². The minimum absolute atomic E-state index is 0.160. The molecule has 0 atom stereocenters. The first-order valence-corrected chi connectivity index (χ1v) is 24.5. The van der Waals surface area contributed by atoms with E-state index in [9.17, 15) is 19.2 Å². The van der Waals surface area contributed by atoms with Gasteiger partial charge < -0.3 is 34.5 Å². The van der Waals surface area contributed by atoms with Crippen LogP contribution in [0, 0.1) is 13.8 Å². The van der Waals surface area contributed by atoms with Gasteiger partial charge in [-0.3, -0.25) is 14.6 Å². The van der Waals surface area contributed by atoms with Crippen LogP contribution in [0.5, 0.6) is 0 Å². The molecule has 9 aromatic rings. The Morgan fingerprint density at radius 1 is 0.676 bits per heavy atom. The molecule has 1 aliphatic heterocycles. The minimum atomic E-state index is -0.788. The predicted molar refractivity (Wildman–Crippen MR) is 280 cm³/mol. The average Bonchev–Trinajstić information content (AvgIpc) is 4.22. The molecule has 0 unspecified atom stereocenters. The summed E-state index contributed by atoms with van der Waals surface area (Å²) in [6.45, 7) is 14.8. The Bertz CT molecular complexity index is 3600. The van der Waals surface area contributed by atoms with Gasteiger partial charge in [0.25, 0.3) is 11.8 Å². The summed E-state index contributed by atoms with van der Waals surface area (Å²) in [5.41, 5.74) is 5.81. The first-order valence-electron chi connectivity index (χ1n) is 22.8. The van der Waals surface area contributed by atoms with Gasteiger partial charge in [0.2, 0.25) is 10.3 Å². The van der Waals surface area contributed by atoms with Crippen molar-refractivity contribution in [3.63, 3.8) is 0 Å². The largest absolute Gasteiger partial charge is 0.443 e. The fraction of sp³-hybridized carbons (Fsp3) is 0.216. The van der Waals surface area contributed by atoms with Crippen LogP contribution in [-0.2, 0) is 16.0 Å². The van der Waals surface area contributed by atoms with E-state index in [1.165, 1.54) is 32.7 Å². The zero-order chi connectivity index (χ0) is 52.3. The second kappa shape index (κ2) is 20.6. The molecule has 4 aromatic carbocycles. The lowest BCUT2D eigenvalue weighted by Crippen LogP contribution is -2.33. The number of fused-ring (bicyclic) bond motifs is 2. The van der Waals surface area contributed by atoms with E-state index in [0.29, 0.717) is 55.2 Å². The third-order valence-corrected chi connectivity index (χ3v) is 12.2. The van der Waals surface area contributed by atoms with Gasteiger partial charge in [0.05, 0.1) is 23.9 Å². The molecule has 0 radical (unpaired) electrons. The van der Waals surface area contributed by atoms with Gasteiger partial charge in [-0.05, 0) is 121 Å². The zero-order valence-corrected chi connectivity index (χ0v) is 42.8. The van der Waals surface area contributed by atoms with E-state index < -0.39 is 29.3 Å². The third-order valence-electron chi connectivity index (χ3n) is 10.3. The fourth-order valence-electron chi connectivity index (χ4n) is 7.12. The van der Waals surface area contributed by atoms with E-state index in [1.54, 1.807) is 110 Å². The number of amides is 3. The molecule has 3 amide bonds. The van der Waals surface area contributed by atoms with Crippen molar-refractivity contribution >= 4 is 96.8 Å². The van der Waals surface area contributed by atoms with Crippen LogP contribution in [0.25, 0.3) is 32.0 Å². The molecule has 74 heavy (non-hydrogen) atoms. The van der Waals surface area contributed by atoms with Crippen LogP contribution in [-0.4, -0.2) is 81.9 Å². The van der Waals surface area contributed by atoms with Crippen molar-refractivity contribution in [2.24, 2.45) is 4.99 Å². The third kappa shape index (κ3) is 12.0. The van der Waals surface area contributed by atoms with Crippen LogP contribution in [0.2, 0.25) is 0 Å². The first kappa shape index (κ1) is 50.0. The Morgan fingerprint density at radius 2 is 1.30 bits per heavy atom. The second-order valence-corrected chi connectivity index (χ2v) is 20.6. The maximum absolute atomic E-state index is 13.5. The Labute approximate surface area is 430 Å². The predicted octanol–water partition coefficient (Wildman–Crippen LogP) is 11.4. The van der Waals surface area contributed by atoms with Crippen LogP contribution in [0.15, 0.2) is 117 Å². The number of benzene rings is 4. The minimum Gasteiger partial charge on any atom is -0.443 e. The van der Waals surface area contributed by atoms with Crippen molar-refractivity contribution in [3.05, 3.63) is 137 Å². The highest BCUT2D eigenvalue weighted by Gasteiger charge is 2.29. The number of hydrogen-bond acceptors (Lipinski definition) is 19. The summed E-state index contributed by atoms with van der Waals surface area (Å²) in [4.78, 5) is 56.6. The van der Waals surface area contributed by atoms with E-state index in [1.807, 2.05) is 36.5 Å². The summed E-state index contributed by atoms with van der Waals surface area (Å²) in [5.74, 6) is 0.358. The number of hydrogen-bond donors (Lipinski definition) is 3. The molecule has 10 rings (SSSR count). The van der Waals surface area contributed by atoms with Crippen LogP contribution in [0.3, 0.4) is 0 Å². The van der Waals surface area contributed by atoms with Gasteiger partial charge in [0.15, 0.2) is 11.4 Å². The smallest absolute Gasteiger partial charge is 0.435 e. The van der Waals surface area contributed by atoms with Crippen molar-refractivity contribution in [1.82, 2.24) is 40.5 Å². The Hall–Kier alpha value is -8.96. The molecule has 0 aliphatic carbocycles. The molecule has 23 heteroatoms. The van der Waals surface area contributed by atoms with Crippen molar-refractivity contribution in [1.29, 1.82) is 0 Å². The number of ether oxygens (including phenoxy) is 2. The van der Waals surface area contributed by atoms with Crippen molar-refractivity contribution < 1.29 is 37.7 Å². The molecule has 0 fully saturated rings. The van der Waals surface area contributed by atoms with E-state index in [0.717, 1.165) is 39.7 Å². The molecule has 0 spiro atoms. The number of anilines is 6. The molecule has 1 aliphatic rings. The van der Waals surface area contributed by atoms with Crippen LogP contribution in [0.1, 0.15) is 85.2 Å². The maximum atomic E-state index is 13.5. The topological polar surface area (TPSA) is 260 Å². The highest BCUT2D eigenvalue weighted by atomic mass is 32.1. The van der Waals surface area contributed by atoms with Crippen molar-refractivity contribution in [2.45, 2.75) is 73.1 Å². The summed E-state index contributed by atoms with van der Waals surface area (Å²) in [6, 6.07) is 28.8. The normalized spacial score (nSPS) is 11.9. The van der Waals surface area contributed by atoms with E-state index in [-0.39, 0.29) is 22.4 Å². The summed E-state index contributed by atoms with van der Waals surface area (Å²) in [6.07, 6.45) is 2.11. The van der Waals surface area contributed by atoms with Crippen molar-refractivity contribution in [2.75, 3.05) is 20.9 Å². The van der Waals surface area contributed by atoms with Gasteiger partial charge in [-0.15, -0.1) is 20.4 Å². The number of aliphatic imine (C=N–C) groups is 1. The molecular weight excluding hydrogens is 987 g/mol. The van der Waals surface area contributed by atoms with E-state index in [4.69, 9.17) is 18.5 Å². The van der Waals surface area contributed by atoms with E-state index in [2.05, 4.69) is 68.9 Å². The molecule has 376 valence electrons. The average molecular weight is 1030 g/mol. The summed E-state index contributed by atoms with van der Waals surface area (Å²) in [5, 5.41) is 40.5. The summed E-state index contributed by atoms with van der Waals surface area (Å²) < 4.78 is 22.3. The number of nitrogens with zero attached hydrogens (tertiary/aromatic N) is 10. The molecule has 5 aromatic heterocycles. The van der Waals surface area contributed by atoms with Gasteiger partial charge in [0, 0.05) is 51.9 Å². The number of carbonyl (C=O) groups excluding carboxylic acids is 4. The van der Waals surface area contributed by atoms with E-state index >= 15 is 0 Å². The number of nitrogens with one attached hydrogen (secondary N) is 3. The number of rotatable bonds is 10. The molecule has 0 bridgehead atoms. The zero-order valence-electron chi connectivity index (χ0n) is 41.2. The Balaban J connectivity index is 0.000000195. The van der Waals surface area contributed by atoms with Crippen LogP contribution in [0.4, 0.5) is 42.6 Å². The first-order chi connectivity index (χ1) is 35.3. The Kier molecular flexibility index (Phi) is 13.9. The number of aryl methyl sites for hydroxylation is 2. The van der Waals surface area contributed by atoms with Crippen LogP contribution >= 0.6 is 22.7 Å². The maximum Gasteiger partial charge on any atom is 0.435 e. The molecule has 0 saturated heterocycles. The second-order valence-electron chi connectivity index (χ2n) is 18.6. The standard InChI is InChI=1S/C30H31N7O6S.C21H16N6O2S/c1-17-13-22(35-43-17)24(38)32-20-10-8-9-18(14-20)25-33-34-26(44-25)36(27(39)41-29(2,3)4)21-11-12-23-19(15-21)16-31-37(23)28(40)42-30(5,6)7;1-12-7-18(27-29-12)19(28)23-16-4-2-3-13(8-16)20-25-26-21(30-20)24-17-6-5-14-10-22-11-15(14)9-17/h8-16H,1-7H3,(H,32,38);2-9,11H,10H2,1H3,(H,23,28)(H,24,26). The van der Waals surface area contributed by atoms with Gasteiger partial charge in [-0.1, -0.05) is 63.3 Å². The summed E-state index contributed by atoms with van der Waals surface area (Å²) in [7, 11) is 0. The monoisotopic (exact) mass is 1030 g/mol. The lowest BCUT2D eigenvalue weighted by molar-refractivity contribution is 0.0520. The van der Waals surface area contributed by atoms with Crippen LogP contribution < -0.4 is 20.9 Å². The highest BCUT2D eigenvalue weighted by Crippen LogP contribution is 2.37. The molecule has 6 heterocycles. The van der Waals surface area contributed by atoms with Gasteiger partial charge >= 0.3 is 12.2 Å². The number of carbonyl (C=O) groups is 4. The lowest BCUT2D eigenvalue weighted by Gasteiger charge is -2.25.